The fourth-order valence-electron chi connectivity index (χ4n) is 3.88. The van der Waals surface area contributed by atoms with Crippen molar-refractivity contribution in [2.45, 2.75) is 58.8 Å². The van der Waals surface area contributed by atoms with E-state index >= 15 is 0 Å². The summed E-state index contributed by atoms with van der Waals surface area (Å²) in [5, 5.41) is 12.5. The summed E-state index contributed by atoms with van der Waals surface area (Å²) in [6.45, 7) is 10.6. The van der Waals surface area contributed by atoms with Crippen LogP contribution in [0.1, 0.15) is 59.8 Å². The first-order valence-electron chi connectivity index (χ1n) is 12.0. The van der Waals surface area contributed by atoms with Gasteiger partial charge in [-0.15, -0.1) is 11.8 Å². The van der Waals surface area contributed by atoms with Crippen molar-refractivity contribution in [2.75, 3.05) is 19.0 Å². The molecule has 8 heteroatoms. The van der Waals surface area contributed by atoms with Crippen LogP contribution in [0.5, 0.6) is 0 Å². The number of nitrogens with one attached hydrogen (secondary N) is 1. The fourth-order valence-corrected chi connectivity index (χ4v) is 4.86. The van der Waals surface area contributed by atoms with Gasteiger partial charge in [-0.2, -0.15) is 0 Å². The van der Waals surface area contributed by atoms with Gasteiger partial charge in [-0.1, -0.05) is 30.4 Å². The predicted molar refractivity (Wildman–Crippen MR) is 146 cm³/mol. The molecule has 192 valence electrons. The molecule has 0 radical (unpaired) electrons. The number of carbonyl (C=O) groups excluding carboxylic acids is 1. The van der Waals surface area contributed by atoms with E-state index in [-0.39, 0.29) is 5.91 Å². The number of rotatable bonds is 10. The van der Waals surface area contributed by atoms with Crippen molar-refractivity contribution in [3.8, 4) is 0 Å². The molecule has 1 heterocycles. The molecule has 1 aliphatic carbocycles. The van der Waals surface area contributed by atoms with Crippen molar-refractivity contribution in [2.24, 2.45) is 0 Å². The highest BCUT2D eigenvalue weighted by atomic mass is 32.2. The summed E-state index contributed by atoms with van der Waals surface area (Å²) in [6, 6.07) is 5.84. The number of thioether (sulfide) groups is 1. The van der Waals surface area contributed by atoms with Gasteiger partial charge in [0.25, 0.3) is 5.91 Å². The molecule has 1 aromatic heterocycles. The Morgan fingerprint density at radius 1 is 1.22 bits per heavy atom. The van der Waals surface area contributed by atoms with Crippen LogP contribution in [-0.2, 0) is 16.1 Å². The molecule has 0 bridgehead atoms. The van der Waals surface area contributed by atoms with E-state index in [1.165, 1.54) is 11.8 Å². The van der Waals surface area contributed by atoms with Crippen LogP contribution in [0, 0.1) is 20.8 Å². The quantitative estimate of drug-likeness (QED) is 0.386. The van der Waals surface area contributed by atoms with Crippen molar-refractivity contribution in [3.63, 3.8) is 0 Å². The number of hydrogen-bond donors (Lipinski definition) is 2. The topological polar surface area (TPSA) is 93.4 Å². The maximum atomic E-state index is 13.3. The molecule has 0 aliphatic heterocycles. The molecule has 0 unspecified atom stereocenters. The molecule has 0 spiro atoms. The average Bonchev–Trinajstić information content (AvgIpc) is 2.98. The number of methoxy groups -OCH3 is 1. The zero-order valence-electron chi connectivity index (χ0n) is 21.8. The van der Waals surface area contributed by atoms with Gasteiger partial charge < -0.3 is 19.7 Å². The Balaban J connectivity index is 1.96. The van der Waals surface area contributed by atoms with E-state index in [2.05, 4.69) is 9.88 Å². The van der Waals surface area contributed by atoms with Crippen molar-refractivity contribution in [1.82, 2.24) is 9.55 Å². The number of allylic oxidation sites excluding steroid dienone is 5. The van der Waals surface area contributed by atoms with Gasteiger partial charge >= 0.3 is 5.97 Å². The number of carboxylic acids is 1. The molecule has 0 saturated carbocycles. The minimum atomic E-state index is -0.942. The first-order chi connectivity index (χ1) is 17.0. The van der Waals surface area contributed by atoms with Crippen LogP contribution in [0.4, 0.5) is 5.69 Å². The SMILES string of the molecule is COCCCn1c(C2=CC=C(SC(C)(C)C(=O)O)C=CC2)nc(C(=O)Nc2cccc(C)c2C)c1C. The highest BCUT2D eigenvalue weighted by molar-refractivity contribution is 8.05. The third-order valence-electron chi connectivity index (χ3n) is 6.26. The second kappa shape index (κ2) is 11.8. The van der Waals surface area contributed by atoms with Crippen LogP contribution < -0.4 is 5.32 Å². The number of aromatic nitrogens is 2. The first-order valence-corrected chi connectivity index (χ1v) is 12.8. The summed E-state index contributed by atoms with van der Waals surface area (Å²) in [4.78, 5) is 30.5. The number of ether oxygens (including phenoxy) is 1. The molecule has 0 atom stereocenters. The smallest absolute Gasteiger partial charge is 0.319 e. The Morgan fingerprint density at radius 2 is 1.97 bits per heavy atom. The van der Waals surface area contributed by atoms with E-state index < -0.39 is 10.7 Å². The molecule has 0 fully saturated rings. The standard InChI is InChI=1S/C28H35N3O4S/c1-18-10-7-13-23(19(18)2)29-26(32)24-20(3)31(16-9-17-35-6)25(30-24)21-11-8-12-22(15-14-21)36-28(4,5)27(33)34/h7-8,10,12-15H,9,11,16-17H2,1-6H3,(H,29,32)(H,33,34). The number of amides is 1. The van der Waals surface area contributed by atoms with E-state index in [9.17, 15) is 14.7 Å². The van der Waals surface area contributed by atoms with Gasteiger partial charge in [-0.25, -0.2) is 4.98 Å². The monoisotopic (exact) mass is 509 g/mol. The lowest BCUT2D eigenvalue weighted by molar-refractivity contribution is -0.138. The van der Waals surface area contributed by atoms with Crippen molar-refractivity contribution in [3.05, 3.63) is 75.7 Å². The van der Waals surface area contributed by atoms with Gasteiger partial charge in [0, 0.05) is 36.5 Å². The molecule has 36 heavy (non-hydrogen) atoms. The number of aliphatic carboxylic acids is 1. The molecule has 1 aliphatic rings. The number of imidazole rings is 1. The van der Waals surface area contributed by atoms with Crippen LogP contribution in [0.3, 0.4) is 0 Å². The molecule has 7 nitrogen and oxygen atoms in total. The zero-order chi connectivity index (χ0) is 26.5. The third-order valence-corrected chi connectivity index (χ3v) is 7.46. The third kappa shape index (κ3) is 6.36. The summed E-state index contributed by atoms with van der Waals surface area (Å²) >= 11 is 1.30. The van der Waals surface area contributed by atoms with Gasteiger partial charge in [-0.05, 0) is 76.3 Å². The highest BCUT2D eigenvalue weighted by Gasteiger charge is 2.29. The average molecular weight is 510 g/mol. The van der Waals surface area contributed by atoms with Crippen LogP contribution in [0.2, 0.25) is 0 Å². The number of anilines is 1. The summed E-state index contributed by atoms with van der Waals surface area (Å²) in [5.41, 5.74) is 5.06. The van der Waals surface area contributed by atoms with Gasteiger partial charge in [-0.3, -0.25) is 9.59 Å². The fraction of sp³-hybridized carbons (Fsp3) is 0.393. The number of carbonyl (C=O) groups is 2. The Kier molecular flexibility index (Phi) is 8.98. The highest BCUT2D eigenvalue weighted by Crippen LogP contribution is 2.35. The molecule has 1 amide bonds. The Morgan fingerprint density at radius 3 is 2.67 bits per heavy atom. The normalized spacial score (nSPS) is 13.7. The second-order valence-corrected chi connectivity index (χ2v) is 11.1. The number of aryl methyl sites for hydroxylation is 1. The molecular weight excluding hydrogens is 474 g/mol. The van der Waals surface area contributed by atoms with E-state index in [0.717, 1.165) is 45.2 Å². The number of benzene rings is 1. The second-order valence-electron chi connectivity index (χ2n) is 9.35. The predicted octanol–water partition coefficient (Wildman–Crippen LogP) is 5.92. The van der Waals surface area contributed by atoms with Gasteiger partial charge in [0.05, 0.1) is 0 Å². The van der Waals surface area contributed by atoms with Crippen LogP contribution >= 0.6 is 11.8 Å². The Hall–Kier alpha value is -3.10. The molecule has 3 rings (SSSR count). The lowest BCUT2D eigenvalue weighted by Gasteiger charge is -2.18. The molecule has 0 saturated heterocycles. The van der Waals surface area contributed by atoms with E-state index in [4.69, 9.17) is 9.72 Å². The van der Waals surface area contributed by atoms with Crippen molar-refractivity contribution in [1.29, 1.82) is 0 Å². The number of carboxylic acid groups (broad SMARTS) is 1. The van der Waals surface area contributed by atoms with Gasteiger partial charge in [0.1, 0.15) is 16.3 Å². The summed E-state index contributed by atoms with van der Waals surface area (Å²) in [6.07, 6.45) is 9.25. The summed E-state index contributed by atoms with van der Waals surface area (Å²) in [7, 11) is 1.67. The van der Waals surface area contributed by atoms with Crippen molar-refractivity contribution >= 4 is 34.9 Å². The van der Waals surface area contributed by atoms with Gasteiger partial charge in [0.2, 0.25) is 0 Å². The summed E-state index contributed by atoms with van der Waals surface area (Å²) in [5.74, 6) is -0.369. The van der Waals surface area contributed by atoms with Gasteiger partial charge in [0.15, 0.2) is 0 Å². The van der Waals surface area contributed by atoms with Crippen LogP contribution in [0.25, 0.3) is 5.57 Å². The minimum absolute atomic E-state index is 0.243. The van der Waals surface area contributed by atoms with E-state index in [1.807, 2.05) is 63.3 Å². The molecular formula is C28H35N3O4S. The minimum Gasteiger partial charge on any atom is -0.480 e. The lowest BCUT2D eigenvalue weighted by atomic mass is 10.1. The Labute approximate surface area is 217 Å². The lowest BCUT2D eigenvalue weighted by Crippen LogP contribution is -2.27. The Bertz CT molecular complexity index is 1240. The zero-order valence-corrected chi connectivity index (χ0v) is 22.7. The maximum absolute atomic E-state index is 13.3. The molecule has 2 N–H and O–H groups in total. The first kappa shape index (κ1) is 27.5. The number of nitrogens with zero attached hydrogens (tertiary/aromatic N) is 2. The molecule has 2 aromatic rings. The van der Waals surface area contributed by atoms with Crippen LogP contribution in [0.15, 0.2) is 47.4 Å². The maximum Gasteiger partial charge on any atom is 0.319 e. The number of hydrogen-bond acceptors (Lipinski definition) is 5. The molecule has 1 aromatic carbocycles. The van der Waals surface area contributed by atoms with Crippen molar-refractivity contribution < 1.29 is 19.4 Å². The van der Waals surface area contributed by atoms with E-state index in [1.54, 1.807) is 21.0 Å². The van der Waals surface area contributed by atoms with Crippen LogP contribution in [-0.4, -0.2) is 45.0 Å². The largest absolute Gasteiger partial charge is 0.480 e. The van der Waals surface area contributed by atoms with E-state index in [0.29, 0.717) is 25.3 Å². The summed E-state index contributed by atoms with van der Waals surface area (Å²) < 4.78 is 6.38.